The average molecular weight is 516 g/mol. The number of nitrogens with zero attached hydrogens (tertiary/aromatic N) is 3. The number of nitrogens with one attached hydrogen (secondary N) is 3. The standard InChI is InChI=1S/C24H23F3N6O4/c1-36-18-4-5-20(19(8-18)24(25,26)27)32-17-3-2-16(30-12-17)11-31-22(35)23(6-7-37-13-23)33-21(34)15-9-28-14-29-10-15/h2-5,8-10,12,14,32H,6-7,11,13H2,1H3,(H,31,35)(H,33,34)/t23-/m0/s1. The molecular weight excluding hydrogens is 493 g/mol. The summed E-state index contributed by atoms with van der Waals surface area (Å²) in [4.78, 5) is 37.4. The fourth-order valence-electron chi connectivity index (χ4n) is 3.70. The molecule has 1 aromatic carbocycles. The van der Waals surface area contributed by atoms with Crippen LogP contribution in [0.4, 0.5) is 24.5 Å². The highest BCUT2D eigenvalue weighted by Gasteiger charge is 2.43. The number of carbonyl (C=O) groups excluding carboxylic acids is 2. The molecule has 1 saturated heterocycles. The number of hydrogen-bond acceptors (Lipinski definition) is 8. The van der Waals surface area contributed by atoms with Crippen LogP contribution in [0.1, 0.15) is 28.0 Å². The van der Waals surface area contributed by atoms with Crippen molar-refractivity contribution in [2.75, 3.05) is 25.6 Å². The number of pyridine rings is 1. The largest absolute Gasteiger partial charge is 0.497 e. The van der Waals surface area contributed by atoms with E-state index in [2.05, 4.69) is 30.9 Å². The van der Waals surface area contributed by atoms with Crippen molar-refractivity contribution in [3.05, 3.63) is 72.1 Å². The Hall–Kier alpha value is -4.26. The van der Waals surface area contributed by atoms with E-state index in [0.717, 1.165) is 6.07 Å². The molecule has 0 spiro atoms. The highest BCUT2D eigenvalue weighted by molar-refractivity contribution is 5.99. The zero-order valence-corrected chi connectivity index (χ0v) is 19.6. The van der Waals surface area contributed by atoms with Gasteiger partial charge in [0.05, 0.1) is 54.7 Å². The van der Waals surface area contributed by atoms with Crippen LogP contribution in [-0.2, 0) is 22.3 Å². The number of carbonyl (C=O) groups is 2. The molecule has 1 atom stereocenters. The van der Waals surface area contributed by atoms with Crippen LogP contribution in [0, 0.1) is 0 Å². The number of rotatable bonds is 8. The van der Waals surface area contributed by atoms with E-state index in [-0.39, 0.29) is 36.6 Å². The summed E-state index contributed by atoms with van der Waals surface area (Å²) in [6.45, 7) is 0.322. The first-order valence-electron chi connectivity index (χ1n) is 11.1. The minimum atomic E-state index is -4.59. The number of ether oxygens (including phenoxy) is 2. The molecule has 0 bridgehead atoms. The van der Waals surface area contributed by atoms with Gasteiger partial charge in [0, 0.05) is 25.4 Å². The molecule has 3 aromatic rings. The van der Waals surface area contributed by atoms with Gasteiger partial charge in [-0.2, -0.15) is 13.2 Å². The van der Waals surface area contributed by atoms with Crippen molar-refractivity contribution in [2.24, 2.45) is 0 Å². The maximum Gasteiger partial charge on any atom is 0.418 e. The fourth-order valence-corrected chi connectivity index (χ4v) is 3.70. The summed E-state index contributed by atoms with van der Waals surface area (Å²) < 4.78 is 50.6. The molecule has 0 unspecified atom stereocenters. The summed E-state index contributed by atoms with van der Waals surface area (Å²) in [5.74, 6) is -0.875. The molecule has 13 heteroatoms. The highest BCUT2D eigenvalue weighted by atomic mass is 19.4. The summed E-state index contributed by atoms with van der Waals surface area (Å²) in [7, 11) is 1.29. The van der Waals surface area contributed by atoms with E-state index in [4.69, 9.17) is 9.47 Å². The Kier molecular flexibility index (Phi) is 7.53. The maximum absolute atomic E-state index is 13.4. The Bertz CT molecular complexity index is 1250. The molecule has 2 aromatic heterocycles. The third-order valence-electron chi connectivity index (χ3n) is 5.70. The first kappa shape index (κ1) is 25.8. The predicted octanol–water partition coefficient (Wildman–Crippen LogP) is 2.85. The van der Waals surface area contributed by atoms with Crippen LogP contribution in [-0.4, -0.2) is 52.6 Å². The lowest BCUT2D eigenvalue weighted by Crippen LogP contribution is -2.59. The van der Waals surface area contributed by atoms with Gasteiger partial charge in [0.15, 0.2) is 0 Å². The third kappa shape index (κ3) is 6.12. The third-order valence-corrected chi connectivity index (χ3v) is 5.70. The van der Waals surface area contributed by atoms with Crippen LogP contribution >= 0.6 is 0 Å². The Balaban J connectivity index is 1.40. The Morgan fingerprint density at radius 3 is 2.54 bits per heavy atom. The molecular formula is C24H23F3N6O4. The molecule has 3 heterocycles. The first-order chi connectivity index (χ1) is 17.7. The molecule has 0 radical (unpaired) electrons. The summed E-state index contributed by atoms with van der Waals surface area (Å²) in [6, 6.07) is 6.71. The van der Waals surface area contributed by atoms with E-state index in [1.165, 1.54) is 44.2 Å². The summed E-state index contributed by atoms with van der Waals surface area (Å²) in [5, 5.41) is 8.17. The Morgan fingerprint density at radius 1 is 1.14 bits per heavy atom. The van der Waals surface area contributed by atoms with E-state index < -0.39 is 29.1 Å². The average Bonchev–Trinajstić information content (AvgIpc) is 3.38. The minimum Gasteiger partial charge on any atom is -0.497 e. The first-order valence-corrected chi connectivity index (χ1v) is 11.1. The van der Waals surface area contributed by atoms with Gasteiger partial charge in [-0.1, -0.05) is 0 Å². The van der Waals surface area contributed by atoms with Gasteiger partial charge in [0.1, 0.15) is 17.6 Å². The van der Waals surface area contributed by atoms with Crippen LogP contribution in [0.3, 0.4) is 0 Å². The van der Waals surface area contributed by atoms with E-state index in [1.54, 1.807) is 12.1 Å². The van der Waals surface area contributed by atoms with Gasteiger partial charge in [-0.3, -0.25) is 14.6 Å². The topological polar surface area (TPSA) is 127 Å². The van der Waals surface area contributed by atoms with Gasteiger partial charge < -0.3 is 25.4 Å². The minimum absolute atomic E-state index is 0.00203. The molecule has 0 aliphatic carbocycles. The Labute approximate surface area is 209 Å². The number of halogens is 3. The van der Waals surface area contributed by atoms with Crippen molar-refractivity contribution < 1.29 is 32.2 Å². The highest BCUT2D eigenvalue weighted by Crippen LogP contribution is 2.38. The number of amides is 2. The van der Waals surface area contributed by atoms with Crippen LogP contribution in [0.15, 0.2) is 55.2 Å². The van der Waals surface area contributed by atoms with Crippen molar-refractivity contribution in [1.29, 1.82) is 0 Å². The van der Waals surface area contributed by atoms with Crippen molar-refractivity contribution >= 4 is 23.2 Å². The van der Waals surface area contributed by atoms with Crippen molar-refractivity contribution in [1.82, 2.24) is 25.6 Å². The van der Waals surface area contributed by atoms with Gasteiger partial charge in [-0.05, 0) is 30.3 Å². The summed E-state index contributed by atoms with van der Waals surface area (Å²) >= 11 is 0. The maximum atomic E-state index is 13.4. The van der Waals surface area contributed by atoms with Gasteiger partial charge in [0.2, 0.25) is 5.91 Å². The molecule has 2 amide bonds. The second-order valence-corrected chi connectivity index (χ2v) is 8.22. The molecule has 1 aliphatic heterocycles. The number of alkyl halides is 3. The van der Waals surface area contributed by atoms with Crippen LogP contribution in [0.5, 0.6) is 5.75 Å². The lowest BCUT2D eigenvalue weighted by atomic mass is 9.96. The van der Waals surface area contributed by atoms with E-state index in [9.17, 15) is 22.8 Å². The van der Waals surface area contributed by atoms with Gasteiger partial charge in [0.25, 0.3) is 5.91 Å². The number of aromatic nitrogens is 3. The quantitative estimate of drug-likeness (QED) is 0.417. The second-order valence-electron chi connectivity index (χ2n) is 8.22. The molecule has 0 saturated carbocycles. The summed E-state index contributed by atoms with van der Waals surface area (Å²) in [6.07, 6.45) is 1.02. The second kappa shape index (κ2) is 10.8. The molecule has 4 rings (SSSR count). The zero-order chi connectivity index (χ0) is 26.5. The van der Waals surface area contributed by atoms with E-state index >= 15 is 0 Å². The molecule has 1 aliphatic rings. The van der Waals surface area contributed by atoms with Crippen LogP contribution in [0.2, 0.25) is 0 Å². The number of anilines is 2. The number of hydrogen-bond donors (Lipinski definition) is 3. The van der Waals surface area contributed by atoms with Gasteiger partial charge >= 0.3 is 6.18 Å². The van der Waals surface area contributed by atoms with Gasteiger partial charge in [-0.15, -0.1) is 0 Å². The zero-order valence-electron chi connectivity index (χ0n) is 19.6. The van der Waals surface area contributed by atoms with Crippen LogP contribution in [0.25, 0.3) is 0 Å². The monoisotopic (exact) mass is 516 g/mol. The smallest absolute Gasteiger partial charge is 0.418 e. The predicted molar refractivity (Wildman–Crippen MR) is 125 cm³/mol. The molecule has 1 fully saturated rings. The Morgan fingerprint density at radius 2 is 1.92 bits per heavy atom. The van der Waals surface area contributed by atoms with Crippen molar-refractivity contribution in [2.45, 2.75) is 24.7 Å². The van der Waals surface area contributed by atoms with Crippen molar-refractivity contribution in [3.63, 3.8) is 0 Å². The number of methoxy groups -OCH3 is 1. The number of benzene rings is 1. The van der Waals surface area contributed by atoms with Crippen LogP contribution < -0.4 is 20.7 Å². The lowest BCUT2D eigenvalue weighted by molar-refractivity contribution is -0.137. The van der Waals surface area contributed by atoms with Crippen molar-refractivity contribution in [3.8, 4) is 5.75 Å². The van der Waals surface area contributed by atoms with Gasteiger partial charge in [-0.25, -0.2) is 9.97 Å². The molecule has 3 N–H and O–H groups in total. The lowest BCUT2D eigenvalue weighted by Gasteiger charge is -2.27. The molecule has 37 heavy (non-hydrogen) atoms. The fraction of sp³-hybridized carbons (Fsp3) is 0.292. The van der Waals surface area contributed by atoms with E-state index in [0.29, 0.717) is 18.0 Å². The molecule has 10 nitrogen and oxygen atoms in total. The van der Waals surface area contributed by atoms with E-state index in [1.807, 2.05) is 0 Å². The normalized spacial score (nSPS) is 17.2. The SMILES string of the molecule is COc1ccc(Nc2ccc(CNC(=O)[C@]3(NC(=O)c4cncnc4)CCOC3)nc2)c(C(F)(F)F)c1. The summed E-state index contributed by atoms with van der Waals surface area (Å²) in [5.41, 5.74) is -1.31. The molecule has 194 valence electrons.